The van der Waals surface area contributed by atoms with Crippen molar-refractivity contribution in [1.29, 1.82) is 0 Å². The minimum absolute atomic E-state index is 0.244. The van der Waals surface area contributed by atoms with Crippen LogP contribution >= 0.6 is 0 Å². The molecule has 0 amide bonds. The highest BCUT2D eigenvalue weighted by Crippen LogP contribution is 2.15. The lowest BCUT2D eigenvalue weighted by Crippen LogP contribution is -2.37. The van der Waals surface area contributed by atoms with Gasteiger partial charge in [0.2, 0.25) is 0 Å². The molecule has 0 aliphatic rings. The van der Waals surface area contributed by atoms with Gasteiger partial charge in [-0.2, -0.15) is 0 Å². The second kappa shape index (κ2) is 17.5. The molecule has 0 aliphatic heterocycles. The highest BCUT2D eigenvalue weighted by molar-refractivity contribution is 6.36. The van der Waals surface area contributed by atoms with Crippen molar-refractivity contribution in [1.82, 2.24) is 0 Å². The van der Waals surface area contributed by atoms with Crippen LogP contribution in [0.25, 0.3) is 0 Å². The smallest absolute Gasteiger partial charge is 0.373 e. The topological polar surface area (TPSA) is 27.7 Å². The van der Waals surface area contributed by atoms with Crippen LogP contribution in [-0.4, -0.2) is 27.8 Å². The summed E-state index contributed by atoms with van der Waals surface area (Å²) in [7, 11) is -2.06. The Morgan fingerprint density at radius 1 is 0.520 bits per heavy atom. The summed E-state index contributed by atoms with van der Waals surface area (Å²) in [4.78, 5) is 0. The Bertz CT molecular complexity index is 233. The average molecular weight is 375 g/mol. The number of rotatable bonds is 18. The van der Waals surface area contributed by atoms with Crippen LogP contribution in [0.4, 0.5) is 0 Å². The Hall–Kier alpha value is 0.0969. The van der Waals surface area contributed by atoms with Crippen LogP contribution in [0.2, 0.25) is 0 Å². The second-order valence-corrected chi connectivity index (χ2v) is 9.01. The number of hydrogen-bond acceptors (Lipinski definition) is 3. The van der Waals surface area contributed by atoms with E-state index in [4.69, 9.17) is 13.3 Å². The first-order chi connectivity index (χ1) is 12.0. The molecule has 0 aromatic heterocycles. The number of unbranched alkanes of at least 4 members (excludes halogenated alkanes) is 6. The molecule has 25 heavy (non-hydrogen) atoms. The Morgan fingerprint density at radius 3 is 1.04 bits per heavy atom. The maximum Gasteiger partial charge on any atom is 0.484 e. The fourth-order valence-corrected chi connectivity index (χ4v) is 4.65. The van der Waals surface area contributed by atoms with Crippen LogP contribution in [0.1, 0.15) is 119 Å². The van der Waals surface area contributed by atoms with Gasteiger partial charge in [0.25, 0.3) is 0 Å². The van der Waals surface area contributed by atoms with E-state index in [0.717, 1.165) is 19.3 Å². The Kier molecular flexibility index (Phi) is 17.6. The van der Waals surface area contributed by atoms with E-state index in [1.165, 1.54) is 57.8 Å². The lowest BCUT2D eigenvalue weighted by molar-refractivity contribution is 0.0134. The normalized spacial score (nSPS) is 16.6. The molecule has 0 rings (SSSR count). The molecule has 0 N–H and O–H groups in total. The maximum absolute atomic E-state index is 6.25. The zero-order chi connectivity index (χ0) is 18.9. The highest BCUT2D eigenvalue weighted by Gasteiger charge is 2.24. The molecule has 0 saturated carbocycles. The zero-order valence-corrected chi connectivity index (χ0v) is 19.2. The maximum atomic E-state index is 6.25. The van der Waals surface area contributed by atoms with E-state index in [0.29, 0.717) is 0 Å². The summed E-state index contributed by atoms with van der Waals surface area (Å²) in [5.41, 5.74) is 0. The molecule has 0 spiro atoms. The van der Waals surface area contributed by atoms with Gasteiger partial charge < -0.3 is 13.3 Å². The van der Waals surface area contributed by atoms with Crippen molar-refractivity contribution in [3.8, 4) is 0 Å². The van der Waals surface area contributed by atoms with E-state index in [2.05, 4.69) is 41.5 Å². The molecular weight excluding hydrogens is 328 g/mol. The van der Waals surface area contributed by atoms with Crippen molar-refractivity contribution in [2.75, 3.05) is 0 Å². The van der Waals surface area contributed by atoms with Gasteiger partial charge in [-0.25, -0.2) is 0 Å². The van der Waals surface area contributed by atoms with Crippen LogP contribution in [0.15, 0.2) is 0 Å². The third-order valence-corrected chi connectivity index (χ3v) is 6.73. The second-order valence-electron chi connectivity index (χ2n) is 7.62. The van der Waals surface area contributed by atoms with E-state index >= 15 is 0 Å². The van der Waals surface area contributed by atoms with E-state index < -0.39 is 9.53 Å². The van der Waals surface area contributed by atoms with Gasteiger partial charge in [-0.05, 0) is 40.0 Å². The molecule has 3 nitrogen and oxygen atoms in total. The van der Waals surface area contributed by atoms with Crippen molar-refractivity contribution in [3.63, 3.8) is 0 Å². The summed E-state index contributed by atoms with van der Waals surface area (Å²) in [6.07, 6.45) is 15.4. The van der Waals surface area contributed by atoms with Crippen molar-refractivity contribution >= 4 is 9.53 Å². The van der Waals surface area contributed by atoms with Gasteiger partial charge in [0.05, 0.1) is 0 Å². The van der Waals surface area contributed by atoms with Gasteiger partial charge in [0.1, 0.15) is 0 Å². The summed E-state index contributed by atoms with van der Waals surface area (Å²) in [6.45, 7) is 13.2. The van der Waals surface area contributed by atoms with Crippen LogP contribution in [-0.2, 0) is 13.3 Å². The first-order valence-electron chi connectivity index (χ1n) is 11.0. The predicted octanol–water partition coefficient (Wildman–Crippen LogP) is 6.66. The van der Waals surface area contributed by atoms with Crippen LogP contribution in [0.3, 0.4) is 0 Å². The van der Waals surface area contributed by atoms with Gasteiger partial charge in [0, 0.05) is 18.3 Å². The fraction of sp³-hybridized carbons (Fsp3) is 1.00. The molecule has 0 heterocycles. The summed E-state index contributed by atoms with van der Waals surface area (Å²) in [5.74, 6) is 0. The molecule has 4 heteroatoms. The van der Waals surface area contributed by atoms with E-state index in [1.807, 2.05) is 0 Å². The van der Waals surface area contributed by atoms with Crippen molar-refractivity contribution in [3.05, 3.63) is 0 Å². The molecule has 3 atom stereocenters. The molecule has 3 unspecified atom stereocenters. The van der Waals surface area contributed by atoms with Gasteiger partial charge in [-0.15, -0.1) is 0 Å². The fourth-order valence-electron chi connectivity index (χ4n) is 2.91. The standard InChI is InChI=1S/C21H46O3Si/c1-7-10-13-16-19(4)22-25(23-20(5)17-14-11-8-2)24-21(6)18-15-12-9-3/h19-21,25H,7-18H2,1-6H3. The summed E-state index contributed by atoms with van der Waals surface area (Å²) in [6, 6.07) is 0. The van der Waals surface area contributed by atoms with Crippen LogP contribution in [0, 0.1) is 0 Å². The molecular formula is C21H46O3Si. The minimum Gasteiger partial charge on any atom is -0.373 e. The quantitative estimate of drug-likeness (QED) is 0.198. The third kappa shape index (κ3) is 16.0. The highest BCUT2D eigenvalue weighted by atomic mass is 28.3. The SMILES string of the molecule is CCCCCC(C)O[SiH](OC(C)CCCCC)OC(C)CCCCC. The Balaban J connectivity index is 4.37. The molecule has 0 fully saturated rings. The van der Waals surface area contributed by atoms with E-state index in [-0.39, 0.29) is 18.3 Å². The Labute approximate surface area is 160 Å². The lowest BCUT2D eigenvalue weighted by atomic mass is 10.1. The summed E-state index contributed by atoms with van der Waals surface area (Å²) >= 11 is 0. The molecule has 0 aromatic rings. The van der Waals surface area contributed by atoms with Gasteiger partial charge >= 0.3 is 9.53 Å². The van der Waals surface area contributed by atoms with Gasteiger partial charge in [0.15, 0.2) is 0 Å². The van der Waals surface area contributed by atoms with Crippen LogP contribution in [0.5, 0.6) is 0 Å². The van der Waals surface area contributed by atoms with Crippen molar-refractivity contribution < 1.29 is 13.3 Å². The molecule has 0 aromatic carbocycles. The largest absolute Gasteiger partial charge is 0.484 e. The monoisotopic (exact) mass is 374 g/mol. The van der Waals surface area contributed by atoms with Crippen molar-refractivity contribution in [2.45, 2.75) is 137 Å². The Morgan fingerprint density at radius 2 is 0.800 bits per heavy atom. The van der Waals surface area contributed by atoms with E-state index in [9.17, 15) is 0 Å². The van der Waals surface area contributed by atoms with E-state index in [1.54, 1.807) is 0 Å². The predicted molar refractivity (Wildman–Crippen MR) is 111 cm³/mol. The third-order valence-electron chi connectivity index (χ3n) is 4.67. The molecule has 0 aliphatic carbocycles. The molecule has 0 bridgehead atoms. The first kappa shape index (κ1) is 25.1. The van der Waals surface area contributed by atoms with Gasteiger partial charge in [-0.1, -0.05) is 78.6 Å². The van der Waals surface area contributed by atoms with Gasteiger partial charge in [-0.3, -0.25) is 0 Å². The molecule has 0 radical (unpaired) electrons. The van der Waals surface area contributed by atoms with Crippen LogP contribution < -0.4 is 0 Å². The zero-order valence-electron chi connectivity index (χ0n) is 18.0. The minimum atomic E-state index is -2.06. The molecule has 0 saturated heterocycles. The summed E-state index contributed by atoms with van der Waals surface area (Å²) < 4.78 is 18.7. The first-order valence-corrected chi connectivity index (χ1v) is 12.4. The molecule has 152 valence electrons. The summed E-state index contributed by atoms with van der Waals surface area (Å²) in [5, 5.41) is 0. The average Bonchev–Trinajstić information content (AvgIpc) is 2.55. The van der Waals surface area contributed by atoms with Crippen molar-refractivity contribution in [2.24, 2.45) is 0 Å². The number of hydrogen-bond donors (Lipinski definition) is 0. The lowest BCUT2D eigenvalue weighted by Gasteiger charge is -2.27.